The quantitative estimate of drug-likeness (QED) is 0.332. The Kier molecular flexibility index (Phi) is 6.43. The normalized spacial score (nSPS) is 11.7. The third-order valence-electron chi connectivity index (χ3n) is 4.34. The van der Waals surface area contributed by atoms with Crippen molar-refractivity contribution < 1.29 is 22.8 Å². The van der Waals surface area contributed by atoms with Crippen molar-refractivity contribution in [2.75, 3.05) is 10.6 Å². The van der Waals surface area contributed by atoms with Crippen molar-refractivity contribution in [1.82, 2.24) is 9.97 Å². The Morgan fingerprint density at radius 2 is 1.73 bits per heavy atom. The van der Waals surface area contributed by atoms with Crippen molar-refractivity contribution in [1.29, 1.82) is 0 Å². The molecule has 3 rings (SSSR count). The second-order valence-corrected chi connectivity index (χ2v) is 8.24. The van der Waals surface area contributed by atoms with Crippen LogP contribution < -0.4 is 15.4 Å². The van der Waals surface area contributed by atoms with E-state index in [4.69, 9.17) is 0 Å². The van der Waals surface area contributed by atoms with Gasteiger partial charge >= 0.3 is 6.36 Å². The molecular formula is C22H22F3N5O3. The Labute approximate surface area is 188 Å². The molecule has 0 aliphatic rings. The Hall–Kier alpha value is -3.89. The summed E-state index contributed by atoms with van der Waals surface area (Å²) >= 11 is 0. The van der Waals surface area contributed by atoms with E-state index in [1.807, 2.05) is 20.8 Å². The van der Waals surface area contributed by atoms with Crippen LogP contribution >= 0.6 is 0 Å². The Morgan fingerprint density at radius 1 is 1.03 bits per heavy atom. The molecule has 0 amide bonds. The summed E-state index contributed by atoms with van der Waals surface area (Å²) in [5, 5.41) is 17.4. The minimum absolute atomic E-state index is 0.0562. The van der Waals surface area contributed by atoms with E-state index in [-0.39, 0.29) is 17.4 Å². The minimum atomic E-state index is -4.82. The molecule has 2 aromatic carbocycles. The molecule has 0 bridgehead atoms. The maximum absolute atomic E-state index is 12.6. The number of nitro groups is 1. The molecule has 0 saturated carbocycles. The summed E-state index contributed by atoms with van der Waals surface area (Å²) in [6.07, 6.45) is -4.82. The molecule has 8 nitrogen and oxygen atoms in total. The topological polar surface area (TPSA) is 102 Å². The van der Waals surface area contributed by atoms with Gasteiger partial charge in [0.2, 0.25) is 5.95 Å². The number of hydrogen-bond donors (Lipinski definition) is 2. The molecule has 174 valence electrons. The van der Waals surface area contributed by atoms with Gasteiger partial charge in [-0.25, -0.2) is 4.98 Å². The maximum atomic E-state index is 12.6. The zero-order valence-electron chi connectivity index (χ0n) is 18.3. The van der Waals surface area contributed by atoms with Gasteiger partial charge < -0.3 is 15.4 Å². The van der Waals surface area contributed by atoms with Gasteiger partial charge in [0.05, 0.1) is 16.2 Å². The van der Waals surface area contributed by atoms with Gasteiger partial charge in [0.15, 0.2) is 0 Å². The second kappa shape index (κ2) is 8.93. The van der Waals surface area contributed by atoms with Crippen molar-refractivity contribution in [2.45, 2.75) is 39.6 Å². The van der Waals surface area contributed by atoms with Crippen LogP contribution in [-0.4, -0.2) is 26.8 Å². The van der Waals surface area contributed by atoms with Crippen molar-refractivity contribution >= 4 is 23.1 Å². The molecule has 3 aromatic rings. The van der Waals surface area contributed by atoms with Gasteiger partial charge in [-0.3, -0.25) is 10.1 Å². The first-order valence-corrected chi connectivity index (χ1v) is 9.85. The highest BCUT2D eigenvalue weighted by molar-refractivity contribution is 5.71. The molecule has 1 aromatic heterocycles. The zero-order valence-corrected chi connectivity index (χ0v) is 18.3. The molecular weight excluding hydrogens is 439 g/mol. The molecule has 0 atom stereocenters. The van der Waals surface area contributed by atoms with Crippen LogP contribution in [0.4, 0.5) is 36.3 Å². The smallest absolute Gasteiger partial charge is 0.406 e. The standard InChI is InChI=1S/C22H22F3N5O3/c1-13-16(9-6-10-18(13)30(31)32)26-19-12-17(27-20(28-19)29-21(2,3)4)14-7-5-8-15(11-14)33-22(23,24)25/h5-12H,1-4H3,(H2,26,27,28,29). The first-order valence-electron chi connectivity index (χ1n) is 9.85. The SMILES string of the molecule is Cc1c(Nc2cc(-c3cccc(OC(F)(F)F)c3)nc(NC(C)(C)C)n2)cccc1[N+](=O)[O-]. The van der Waals surface area contributed by atoms with Crippen LogP contribution in [0.2, 0.25) is 0 Å². The third-order valence-corrected chi connectivity index (χ3v) is 4.34. The van der Waals surface area contributed by atoms with Crippen molar-refractivity contribution in [3.05, 3.63) is 64.2 Å². The van der Waals surface area contributed by atoms with Crippen LogP contribution in [-0.2, 0) is 0 Å². The van der Waals surface area contributed by atoms with E-state index < -0.39 is 16.8 Å². The minimum Gasteiger partial charge on any atom is -0.406 e. The van der Waals surface area contributed by atoms with E-state index in [0.717, 1.165) is 0 Å². The number of alkyl halides is 3. The highest BCUT2D eigenvalue weighted by Crippen LogP contribution is 2.31. The number of nitro benzene ring substituents is 1. The molecule has 0 aliphatic heterocycles. The molecule has 0 spiro atoms. The first kappa shape index (κ1) is 23.8. The second-order valence-electron chi connectivity index (χ2n) is 8.24. The Bertz CT molecular complexity index is 1180. The van der Waals surface area contributed by atoms with Crippen molar-refractivity contribution in [3.63, 3.8) is 0 Å². The number of ether oxygens (including phenoxy) is 1. The number of benzene rings is 2. The van der Waals surface area contributed by atoms with Gasteiger partial charge in [0.25, 0.3) is 5.69 Å². The Morgan fingerprint density at radius 3 is 2.36 bits per heavy atom. The number of nitrogens with one attached hydrogen (secondary N) is 2. The number of halogens is 3. The lowest BCUT2D eigenvalue weighted by molar-refractivity contribution is -0.385. The van der Waals surface area contributed by atoms with Crippen molar-refractivity contribution in [2.24, 2.45) is 0 Å². The van der Waals surface area contributed by atoms with Crippen LogP contribution in [0.5, 0.6) is 5.75 Å². The summed E-state index contributed by atoms with van der Waals surface area (Å²) in [7, 11) is 0. The van der Waals surface area contributed by atoms with E-state index in [0.29, 0.717) is 28.3 Å². The summed E-state index contributed by atoms with van der Waals surface area (Å²) in [5.41, 5.74) is 1.11. The van der Waals surface area contributed by atoms with Gasteiger partial charge in [-0.1, -0.05) is 18.2 Å². The fourth-order valence-electron chi connectivity index (χ4n) is 3.00. The van der Waals surface area contributed by atoms with Crippen molar-refractivity contribution in [3.8, 4) is 17.0 Å². The third kappa shape index (κ3) is 6.55. The lowest BCUT2D eigenvalue weighted by Crippen LogP contribution is -2.27. The van der Waals surface area contributed by atoms with E-state index in [9.17, 15) is 23.3 Å². The van der Waals surface area contributed by atoms with Gasteiger partial charge in [0.1, 0.15) is 11.6 Å². The molecule has 11 heteroatoms. The fraction of sp³-hybridized carbons (Fsp3) is 0.273. The number of rotatable bonds is 6. The summed E-state index contributed by atoms with van der Waals surface area (Å²) in [5.74, 6) is 0.151. The Balaban J connectivity index is 2.05. The maximum Gasteiger partial charge on any atom is 0.573 e. The molecule has 33 heavy (non-hydrogen) atoms. The zero-order chi connectivity index (χ0) is 24.4. The predicted molar refractivity (Wildman–Crippen MR) is 119 cm³/mol. The first-order chi connectivity index (χ1) is 15.3. The largest absolute Gasteiger partial charge is 0.573 e. The lowest BCUT2D eigenvalue weighted by atomic mass is 10.1. The van der Waals surface area contributed by atoms with Crippen LogP contribution in [0, 0.1) is 17.0 Å². The van der Waals surface area contributed by atoms with Crippen LogP contribution in [0.3, 0.4) is 0 Å². The molecule has 0 fully saturated rings. The molecule has 2 N–H and O–H groups in total. The summed E-state index contributed by atoms with van der Waals surface area (Å²) in [4.78, 5) is 19.6. The van der Waals surface area contributed by atoms with Gasteiger partial charge in [0, 0.05) is 28.9 Å². The van der Waals surface area contributed by atoms with E-state index in [2.05, 4.69) is 25.3 Å². The van der Waals surface area contributed by atoms with Crippen LogP contribution in [0.25, 0.3) is 11.3 Å². The molecule has 0 aliphatic carbocycles. The highest BCUT2D eigenvalue weighted by Gasteiger charge is 2.31. The molecule has 1 heterocycles. The van der Waals surface area contributed by atoms with E-state index >= 15 is 0 Å². The number of hydrogen-bond acceptors (Lipinski definition) is 7. The van der Waals surface area contributed by atoms with E-state index in [1.54, 1.807) is 31.2 Å². The number of nitrogens with zero attached hydrogens (tertiary/aromatic N) is 3. The molecule has 0 unspecified atom stereocenters. The lowest BCUT2D eigenvalue weighted by Gasteiger charge is -2.21. The molecule has 0 radical (unpaired) electrons. The van der Waals surface area contributed by atoms with E-state index in [1.165, 1.54) is 24.3 Å². The van der Waals surface area contributed by atoms with Gasteiger partial charge in [-0.15, -0.1) is 13.2 Å². The average Bonchev–Trinajstić information content (AvgIpc) is 2.67. The summed E-state index contributed by atoms with van der Waals surface area (Å²) in [6, 6.07) is 11.6. The monoisotopic (exact) mass is 461 g/mol. The van der Waals surface area contributed by atoms with Gasteiger partial charge in [-0.2, -0.15) is 4.98 Å². The van der Waals surface area contributed by atoms with Gasteiger partial charge in [-0.05, 0) is 45.9 Å². The number of aromatic nitrogens is 2. The fourth-order valence-corrected chi connectivity index (χ4v) is 3.00. The predicted octanol–water partition coefficient (Wildman–Crippen LogP) is 6.21. The van der Waals surface area contributed by atoms with Crippen LogP contribution in [0.1, 0.15) is 26.3 Å². The van der Waals surface area contributed by atoms with Crippen LogP contribution in [0.15, 0.2) is 48.5 Å². The molecule has 0 saturated heterocycles. The average molecular weight is 461 g/mol. The summed E-state index contributed by atoms with van der Waals surface area (Å²) < 4.78 is 41.9. The highest BCUT2D eigenvalue weighted by atomic mass is 19.4. The summed E-state index contributed by atoms with van der Waals surface area (Å²) in [6.45, 7) is 7.31. The number of anilines is 3.